The van der Waals surface area contributed by atoms with Gasteiger partial charge in [-0.05, 0) is 29.8 Å². The summed E-state index contributed by atoms with van der Waals surface area (Å²) in [5.74, 6) is 0.272. The van der Waals surface area contributed by atoms with Crippen molar-refractivity contribution in [3.63, 3.8) is 0 Å². The van der Waals surface area contributed by atoms with Crippen LogP contribution in [0, 0.1) is 0 Å². The minimum absolute atomic E-state index is 0.248. The minimum atomic E-state index is -0.276. The van der Waals surface area contributed by atoms with E-state index in [2.05, 4.69) is 4.98 Å². The zero-order chi connectivity index (χ0) is 16.4. The molecule has 0 atom stereocenters. The van der Waals surface area contributed by atoms with Crippen molar-refractivity contribution in [2.75, 3.05) is 0 Å². The van der Waals surface area contributed by atoms with Crippen molar-refractivity contribution in [1.82, 2.24) is 4.98 Å². The largest absolute Gasteiger partial charge is 0.426 e. The number of carbonyl (C=O) groups is 1. The van der Waals surface area contributed by atoms with Crippen molar-refractivity contribution in [1.29, 1.82) is 0 Å². The van der Waals surface area contributed by atoms with E-state index in [0.29, 0.717) is 5.75 Å². The summed E-state index contributed by atoms with van der Waals surface area (Å²) >= 11 is 0. The highest BCUT2D eigenvalue weighted by molar-refractivity contribution is 5.96. The molecule has 0 spiro atoms. The van der Waals surface area contributed by atoms with Crippen LogP contribution in [0.5, 0.6) is 5.75 Å². The number of nitrogens with zero attached hydrogens (tertiary/aromatic N) is 1. The van der Waals surface area contributed by atoms with Gasteiger partial charge in [0.15, 0.2) is 0 Å². The normalized spacial score (nSPS) is 10.8. The Balaban J connectivity index is 1.68. The lowest BCUT2D eigenvalue weighted by molar-refractivity contribution is -0.133. The molecule has 0 radical (unpaired) electrons. The first-order valence-electron chi connectivity index (χ1n) is 7.83. The van der Waals surface area contributed by atoms with Gasteiger partial charge >= 0.3 is 5.97 Å². The highest BCUT2D eigenvalue weighted by Gasteiger charge is 2.10. The van der Waals surface area contributed by atoms with E-state index in [1.807, 2.05) is 78.9 Å². The highest BCUT2D eigenvalue weighted by atomic mass is 16.5. The first-order valence-corrected chi connectivity index (χ1v) is 7.83. The van der Waals surface area contributed by atoms with Crippen LogP contribution in [0.1, 0.15) is 5.56 Å². The lowest BCUT2D eigenvalue weighted by Gasteiger charge is -2.08. The predicted molar refractivity (Wildman–Crippen MR) is 95.0 cm³/mol. The van der Waals surface area contributed by atoms with Crippen molar-refractivity contribution >= 4 is 27.8 Å². The number of hydrogen-bond acceptors (Lipinski definition) is 3. The molecular formula is C21H15NO2. The molecular weight excluding hydrogens is 298 g/mol. The van der Waals surface area contributed by atoms with Gasteiger partial charge in [0.1, 0.15) is 5.75 Å². The van der Waals surface area contributed by atoms with Crippen LogP contribution in [0.3, 0.4) is 0 Å². The molecule has 0 saturated heterocycles. The number of hydrogen-bond donors (Lipinski definition) is 0. The highest BCUT2D eigenvalue weighted by Crippen LogP contribution is 2.28. The van der Waals surface area contributed by atoms with Gasteiger partial charge in [0.2, 0.25) is 0 Å². The van der Waals surface area contributed by atoms with Crippen molar-refractivity contribution in [3.05, 3.63) is 84.4 Å². The van der Waals surface area contributed by atoms with E-state index in [1.54, 1.807) is 0 Å². The van der Waals surface area contributed by atoms with Crippen molar-refractivity contribution in [2.24, 2.45) is 0 Å². The molecule has 0 N–H and O–H groups in total. The first-order chi connectivity index (χ1) is 11.8. The fourth-order valence-electron chi connectivity index (χ4n) is 2.78. The molecule has 0 saturated carbocycles. The summed E-state index contributed by atoms with van der Waals surface area (Å²) in [6.07, 6.45) is 0.248. The van der Waals surface area contributed by atoms with E-state index < -0.39 is 0 Å². The molecule has 1 aromatic heterocycles. The fraction of sp³-hybridized carbons (Fsp3) is 0.0476. The molecule has 4 aromatic rings. The molecule has 3 nitrogen and oxygen atoms in total. The lowest BCUT2D eigenvalue weighted by Crippen LogP contribution is -2.11. The van der Waals surface area contributed by atoms with Gasteiger partial charge in [-0.15, -0.1) is 0 Å². The van der Waals surface area contributed by atoms with Gasteiger partial charge in [0.05, 0.1) is 17.5 Å². The molecule has 0 aliphatic carbocycles. The van der Waals surface area contributed by atoms with E-state index >= 15 is 0 Å². The smallest absolute Gasteiger partial charge is 0.315 e. The summed E-state index contributed by atoms with van der Waals surface area (Å²) in [6.45, 7) is 0. The molecule has 0 aliphatic rings. The number of rotatable bonds is 3. The number of fused-ring (bicyclic) bond motifs is 2. The van der Waals surface area contributed by atoms with Gasteiger partial charge in [-0.25, -0.2) is 4.98 Å². The van der Waals surface area contributed by atoms with Crippen LogP contribution in [-0.2, 0) is 11.2 Å². The average molecular weight is 313 g/mol. The number of aromatic nitrogens is 1. The van der Waals surface area contributed by atoms with E-state index in [4.69, 9.17) is 4.74 Å². The second-order valence-corrected chi connectivity index (χ2v) is 5.64. The van der Waals surface area contributed by atoms with Gasteiger partial charge in [0, 0.05) is 10.8 Å². The third-order valence-corrected chi connectivity index (χ3v) is 3.94. The molecule has 0 amide bonds. The summed E-state index contributed by atoms with van der Waals surface area (Å²) < 4.78 is 5.60. The van der Waals surface area contributed by atoms with Gasteiger partial charge in [-0.2, -0.15) is 0 Å². The maximum absolute atomic E-state index is 12.2. The molecule has 0 unspecified atom stereocenters. The minimum Gasteiger partial charge on any atom is -0.426 e. The molecule has 116 valence electrons. The number of para-hydroxylation sites is 1. The number of benzene rings is 3. The molecule has 0 bridgehead atoms. The summed E-state index contributed by atoms with van der Waals surface area (Å²) in [4.78, 5) is 16.9. The Bertz CT molecular complexity index is 1030. The molecule has 0 fully saturated rings. The Morgan fingerprint density at radius 3 is 2.46 bits per heavy atom. The second-order valence-electron chi connectivity index (χ2n) is 5.64. The predicted octanol–water partition coefficient (Wildman–Crippen LogP) is 4.54. The van der Waals surface area contributed by atoms with E-state index in [1.165, 1.54) is 0 Å². The van der Waals surface area contributed by atoms with E-state index in [0.717, 1.165) is 27.4 Å². The van der Waals surface area contributed by atoms with Crippen molar-refractivity contribution < 1.29 is 9.53 Å². The zero-order valence-electron chi connectivity index (χ0n) is 13.0. The topological polar surface area (TPSA) is 39.2 Å². The SMILES string of the molecule is O=C(Cc1ccccc1)Oc1cccc2nc3ccccc3cc12. The zero-order valence-corrected chi connectivity index (χ0v) is 13.0. The van der Waals surface area contributed by atoms with Crippen LogP contribution in [0.15, 0.2) is 78.9 Å². The Morgan fingerprint density at radius 2 is 1.58 bits per heavy atom. The monoisotopic (exact) mass is 313 g/mol. The van der Waals surface area contributed by atoms with Crippen molar-refractivity contribution in [2.45, 2.75) is 6.42 Å². The number of carbonyl (C=O) groups excluding carboxylic acids is 1. The van der Waals surface area contributed by atoms with Crippen molar-refractivity contribution in [3.8, 4) is 5.75 Å². The Labute approximate surface area is 139 Å². The van der Waals surface area contributed by atoms with Crippen LogP contribution in [-0.4, -0.2) is 11.0 Å². The maximum atomic E-state index is 12.2. The van der Waals surface area contributed by atoms with Gasteiger partial charge in [0.25, 0.3) is 0 Å². The van der Waals surface area contributed by atoms with Crippen LogP contribution < -0.4 is 4.74 Å². The summed E-state index contributed by atoms with van der Waals surface area (Å²) in [5.41, 5.74) is 2.68. The summed E-state index contributed by atoms with van der Waals surface area (Å²) in [6, 6.07) is 25.1. The second kappa shape index (κ2) is 6.13. The number of pyridine rings is 1. The third kappa shape index (κ3) is 2.84. The van der Waals surface area contributed by atoms with Gasteiger partial charge < -0.3 is 4.74 Å². The van der Waals surface area contributed by atoms with E-state index in [-0.39, 0.29) is 12.4 Å². The average Bonchev–Trinajstić information content (AvgIpc) is 2.61. The number of esters is 1. The van der Waals surface area contributed by atoms with E-state index in [9.17, 15) is 4.79 Å². The van der Waals surface area contributed by atoms with Crippen LogP contribution in [0.2, 0.25) is 0 Å². The quantitative estimate of drug-likeness (QED) is 0.317. The molecule has 24 heavy (non-hydrogen) atoms. The molecule has 0 aliphatic heterocycles. The molecule has 3 aromatic carbocycles. The molecule has 4 rings (SSSR count). The Morgan fingerprint density at radius 1 is 0.833 bits per heavy atom. The molecule has 1 heterocycles. The summed E-state index contributed by atoms with van der Waals surface area (Å²) in [7, 11) is 0. The standard InChI is InChI=1S/C21H15NO2/c23-21(13-15-7-2-1-3-8-15)24-20-12-6-11-19-17(20)14-16-9-4-5-10-18(16)22-19/h1-12,14H,13H2. The molecule has 3 heteroatoms. The Kier molecular flexibility index (Phi) is 3.67. The third-order valence-electron chi connectivity index (χ3n) is 3.94. The van der Waals surface area contributed by atoms with Crippen LogP contribution in [0.25, 0.3) is 21.8 Å². The van der Waals surface area contributed by atoms with Gasteiger partial charge in [-0.3, -0.25) is 4.79 Å². The van der Waals surface area contributed by atoms with Gasteiger partial charge in [-0.1, -0.05) is 54.6 Å². The maximum Gasteiger partial charge on any atom is 0.315 e. The fourth-order valence-corrected chi connectivity index (χ4v) is 2.78. The Hall–Kier alpha value is -3.20. The van der Waals surface area contributed by atoms with Crippen LogP contribution >= 0.6 is 0 Å². The lowest BCUT2D eigenvalue weighted by atomic mass is 10.1. The summed E-state index contributed by atoms with van der Waals surface area (Å²) in [5, 5.41) is 1.87. The number of ether oxygens (including phenoxy) is 1. The van der Waals surface area contributed by atoms with Crippen LogP contribution in [0.4, 0.5) is 0 Å². The first kappa shape index (κ1) is 14.4.